The van der Waals surface area contributed by atoms with E-state index in [9.17, 15) is 14.4 Å². The molecule has 0 radical (unpaired) electrons. The number of carbonyl (C=O) groups excluding carboxylic acids is 2. The molecule has 1 atom stereocenters. The first-order valence-corrected chi connectivity index (χ1v) is 14.7. The van der Waals surface area contributed by atoms with Crippen molar-refractivity contribution < 1.29 is 23.8 Å². The molecule has 1 aromatic heterocycles. The fourth-order valence-corrected chi connectivity index (χ4v) is 6.52. The summed E-state index contributed by atoms with van der Waals surface area (Å²) in [5.74, 6) is 1.17. The highest BCUT2D eigenvalue weighted by Crippen LogP contribution is 2.50. The van der Waals surface area contributed by atoms with Crippen molar-refractivity contribution in [3.63, 3.8) is 0 Å². The number of aromatic amines is 1. The Morgan fingerprint density at radius 3 is 2.55 bits per heavy atom. The molecule has 10 nitrogen and oxygen atoms in total. The van der Waals surface area contributed by atoms with Crippen molar-refractivity contribution in [1.82, 2.24) is 15.2 Å². The van der Waals surface area contributed by atoms with Crippen LogP contribution in [0.3, 0.4) is 0 Å². The molecule has 0 spiro atoms. The third-order valence-corrected chi connectivity index (χ3v) is 8.58. The fourth-order valence-electron chi connectivity index (χ4n) is 6.52. The maximum Gasteiger partial charge on any atom is 0.242 e. The first-order chi connectivity index (χ1) is 21.3. The van der Waals surface area contributed by atoms with Crippen LogP contribution in [0.15, 0.2) is 53.3 Å². The maximum absolute atomic E-state index is 13.6. The number of hydrogen-bond donors (Lipinski definition) is 3. The lowest BCUT2D eigenvalue weighted by Gasteiger charge is -2.27. The Hall–Kier alpha value is -4.99. The second kappa shape index (κ2) is 11.9. The van der Waals surface area contributed by atoms with E-state index >= 15 is 0 Å². The van der Waals surface area contributed by atoms with Gasteiger partial charge >= 0.3 is 0 Å². The summed E-state index contributed by atoms with van der Waals surface area (Å²) < 4.78 is 17.1. The third-order valence-electron chi connectivity index (χ3n) is 8.58. The van der Waals surface area contributed by atoms with Crippen molar-refractivity contribution in [3.05, 3.63) is 81.1 Å². The maximum atomic E-state index is 13.6. The van der Waals surface area contributed by atoms with E-state index in [-0.39, 0.29) is 23.8 Å². The summed E-state index contributed by atoms with van der Waals surface area (Å²) in [6, 6.07) is 14.7. The number of methoxy groups -OCH3 is 3. The SMILES string of the molecule is COc1cc2c(c(OC)c1OC)-c1ccc(NCC(=O)N3CCc4[nH]c5ccccc5c4C3)c(=O)cc1C(NC(C)=O)CC2. The number of para-hydroxylation sites is 1. The van der Waals surface area contributed by atoms with Gasteiger partial charge in [0.2, 0.25) is 23.0 Å². The Labute approximate surface area is 255 Å². The minimum atomic E-state index is -0.412. The van der Waals surface area contributed by atoms with Crippen LogP contribution in [0.1, 0.15) is 41.8 Å². The number of hydrogen-bond acceptors (Lipinski definition) is 7. The summed E-state index contributed by atoms with van der Waals surface area (Å²) in [6.45, 7) is 2.55. The average Bonchev–Trinajstić information content (AvgIpc) is 3.24. The van der Waals surface area contributed by atoms with Gasteiger partial charge in [-0.25, -0.2) is 0 Å². The smallest absolute Gasteiger partial charge is 0.242 e. The molecule has 1 aliphatic carbocycles. The molecule has 4 aromatic rings. The van der Waals surface area contributed by atoms with Crippen LogP contribution in [-0.2, 0) is 29.0 Å². The van der Waals surface area contributed by atoms with E-state index in [1.165, 1.54) is 12.6 Å². The molecule has 2 aliphatic rings. The monoisotopic (exact) mass is 596 g/mol. The number of nitrogens with zero attached hydrogens (tertiary/aromatic N) is 1. The van der Waals surface area contributed by atoms with Gasteiger partial charge in [-0.15, -0.1) is 0 Å². The predicted molar refractivity (Wildman–Crippen MR) is 169 cm³/mol. The topological polar surface area (TPSA) is 122 Å². The van der Waals surface area contributed by atoms with Crippen LogP contribution in [0.25, 0.3) is 22.0 Å². The number of anilines is 1. The molecule has 2 heterocycles. The van der Waals surface area contributed by atoms with E-state index < -0.39 is 6.04 Å². The minimum absolute atomic E-state index is 0.0261. The lowest BCUT2D eigenvalue weighted by Crippen LogP contribution is -2.39. The lowest BCUT2D eigenvalue weighted by atomic mass is 9.95. The zero-order valence-electron chi connectivity index (χ0n) is 25.3. The van der Waals surface area contributed by atoms with Gasteiger partial charge < -0.3 is 34.7 Å². The van der Waals surface area contributed by atoms with Crippen molar-refractivity contribution >= 4 is 28.4 Å². The Kier molecular flexibility index (Phi) is 7.90. The van der Waals surface area contributed by atoms with E-state index in [1.807, 2.05) is 35.2 Å². The van der Waals surface area contributed by atoms with Gasteiger partial charge in [0.15, 0.2) is 11.5 Å². The van der Waals surface area contributed by atoms with E-state index in [4.69, 9.17) is 14.2 Å². The highest BCUT2D eigenvalue weighted by Gasteiger charge is 2.30. The average molecular weight is 597 g/mol. The van der Waals surface area contributed by atoms with Gasteiger partial charge in [-0.2, -0.15) is 0 Å². The highest BCUT2D eigenvalue weighted by atomic mass is 16.5. The number of carbonyl (C=O) groups is 2. The van der Waals surface area contributed by atoms with Gasteiger partial charge in [0.05, 0.1) is 39.6 Å². The minimum Gasteiger partial charge on any atom is -0.493 e. The summed E-state index contributed by atoms with van der Waals surface area (Å²) in [4.78, 5) is 44.5. The Morgan fingerprint density at radius 2 is 1.80 bits per heavy atom. The molecule has 6 rings (SSSR count). The fraction of sp³-hybridized carbons (Fsp3) is 0.324. The normalized spacial score (nSPS) is 15.4. The molecule has 10 heteroatoms. The number of H-pyrrole nitrogens is 1. The Morgan fingerprint density at radius 1 is 1.00 bits per heavy atom. The summed E-state index contributed by atoms with van der Waals surface area (Å²) in [5.41, 5.74) is 6.50. The van der Waals surface area contributed by atoms with Crippen LogP contribution in [0.5, 0.6) is 17.2 Å². The third kappa shape index (κ3) is 5.21. The molecular weight excluding hydrogens is 560 g/mol. The van der Waals surface area contributed by atoms with Crippen molar-refractivity contribution in [2.24, 2.45) is 0 Å². The lowest BCUT2D eigenvalue weighted by molar-refractivity contribution is -0.130. The van der Waals surface area contributed by atoms with Gasteiger partial charge in [0.25, 0.3) is 0 Å². The number of benzene rings is 2. The molecule has 2 amide bonds. The Bertz CT molecular complexity index is 1830. The van der Waals surface area contributed by atoms with Crippen LogP contribution in [0.4, 0.5) is 5.69 Å². The first kappa shape index (κ1) is 29.1. The van der Waals surface area contributed by atoms with Crippen molar-refractivity contribution in [3.8, 4) is 28.4 Å². The summed E-state index contributed by atoms with van der Waals surface area (Å²) in [5, 5.41) is 7.24. The quantitative estimate of drug-likeness (QED) is 0.290. The number of rotatable bonds is 7. The number of amides is 2. The molecule has 3 N–H and O–H groups in total. The molecule has 0 fully saturated rings. The van der Waals surface area contributed by atoms with Crippen molar-refractivity contribution in [2.75, 3.05) is 39.7 Å². The molecule has 1 unspecified atom stereocenters. The standard InChI is InChI=1S/C34H36N4O6/c1-19(39)36-26-11-9-20-15-30(42-2)33(43-3)34(44-4)32(20)22-10-12-28(29(40)16-23(22)26)35-17-31(41)38-14-13-27-24(18-38)21-7-5-6-8-25(21)37-27/h5-8,10,12,15-16,26,37H,9,11,13-14,17-18H2,1-4H3,(H,35,40)(H,36,39). The zero-order valence-corrected chi connectivity index (χ0v) is 25.3. The van der Waals surface area contributed by atoms with Gasteiger partial charge in [0, 0.05) is 54.2 Å². The molecule has 0 bridgehead atoms. The summed E-state index contributed by atoms with van der Waals surface area (Å²) in [7, 11) is 4.68. The summed E-state index contributed by atoms with van der Waals surface area (Å²) in [6.07, 6.45) is 1.92. The second-order valence-electron chi connectivity index (χ2n) is 11.1. The molecule has 0 saturated carbocycles. The Balaban J connectivity index is 1.33. The number of fused-ring (bicyclic) bond motifs is 6. The molecule has 3 aromatic carbocycles. The first-order valence-electron chi connectivity index (χ1n) is 14.7. The van der Waals surface area contributed by atoms with Gasteiger partial charge in [0.1, 0.15) is 0 Å². The van der Waals surface area contributed by atoms with Crippen molar-refractivity contribution in [1.29, 1.82) is 0 Å². The van der Waals surface area contributed by atoms with Crippen LogP contribution < -0.4 is 30.3 Å². The van der Waals surface area contributed by atoms with Gasteiger partial charge in [-0.1, -0.05) is 24.3 Å². The zero-order chi connectivity index (χ0) is 31.0. The number of ether oxygens (including phenoxy) is 3. The number of aromatic nitrogens is 1. The second-order valence-corrected chi connectivity index (χ2v) is 11.1. The molecular formula is C34H36N4O6. The molecule has 44 heavy (non-hydrogen) atoms. The largest absolute Gasteiger partial charge is 0.493 e. The van der Waals surface area contributed by atoms with Gasteiger partial charge in [-0.3, -0.25) is 14.4 Å². The van der Waals surface area contributed by atoms with E-state index in [0.717, 1.165) is 39.6 Å². The van der Waals surface area contributed by atoms with Crippen LogP contribution in [-0.4, -0.2) is 56.1 Å². The van der Waals surface area contributed by atoms with Crippen LogP contribution in [0.2, 0.25) is 0 Å². The van der Waals surface area contributed by atoms with Crippen LogP contribution in [0, 0.1) is 0 Å². The summed E-state index contributed by atoms with van der Waals surface area (Å²) >= 11 is 0. The molecule has 0 saturated heterocycles. The predicted octanol–water partition coefficient (Wildman–Crippen LogP) is 4.34. The number of aryl methyl sites for hydroxylation is 1. The van der Waals surface area contributed by atoms with Crippen LogP contribution >= 0.6 is 0 Å². The molecule has 228 valence electrons. The van der Waals surface area contributed by atoms with E-state index in [2.05, 4.69) is 21.7 Å². The van der Waals surface area contributed by atoms with Crippen molar-refractivity contribution in [2.45, 2.75) is 38.8 Å². The van der Waals surface area contributed by atoms with Gasteiger partial charge in [-0.05, 0) is 53.8 Å². The highest BCUT2D eigenvalue weighted by molar-refractivity contribution is 5.87. The van der Waals surface area contributed by atoms with E-state index in [0.29, 0.717) is 54.4 Å². The van der Waals surface area contributed by atoms with E-state index in [1.54, 1.807) is 33.5 Å². The number of nitrogens with one attached hydrogen (secondary N) is 3. The molecule has 1 aliphatic heterocycles.